The second-order valence-electron chi connectivity index (χ2n) is 7.97. The van der Waals surface area contributed by atoms with E-state index in [1.165, 1.54) is 0 Å². The molecule has 5 rings (SSSR count). The average molecular weight is 448 g/mol. The predicted molar refractivity (Wildman–Crippen MR) is 121 cm³/mol. The number of anilines is 1. The Bertz CT molecular complexity index is 1130. The van der Waals surface area contributed by atoms with Crippen LogP contribution >= 0.6 is 0 Å². The molecule has 0 radical (unpaired) electrons. The number of carbonyl (C=O) groups excluding carboxylic acids is 2. The molecule has 3 aromatic rings. The van der Waals surface area contributed by atoms with E-state index >= 15 is 0 Å². The van der Waals surface area contributed by atoms with E-state index in [-0.39, 0.29) is 37.9 Å². The van der Waals surface area contributed by atoms with Crippen molar-refractivity contribution in [3.05, 3.63) is 72.8 Å². The van der Waals surface area contributed by atoms with Crippen LogP contribution in [-0.4, -0.2) is 56.2 Å². The summed E-state index contributed by atoms with van der Waals surface area (Å²) in [5.74, 6) is 0.353. The largest absolute Gasteiger partial charge is 0.484 e. The highest BCUT2D eigenvalue weighted by molar-refractivity contribution is 6.00. The summed E-state index contributed by atoms with van der Waals surface area (Å²) in [6.45, 7) is 0.369. The van der Waals surface area contributed by atoms with Crippen molar-refractivity contribution < 1.29 is 28.5 Å². The molecule has 0 saturated carbocycles. The summed E-state index contributed by atoms with van der Waals surface area (Å²) in [4.78, 5) is 24.8. The Kier molecular flexibility index (Phi) is 6.10. The van der Waals surface area contributed by atoms with E-state index in [0.717, 1.165) is 10.8 Å². The van der Waals surface area contributed by atoms with E-state index in [4.69, 9.17) is 18.9 Å². The number of hydrogen-bond acceptors (Lipinski definition) is 6. The maximum atomic E-state index is 12.5. The SMILES string of the molecule is O=C(COc1ccccc1)N[C@H]1CO[C@H]2[C@@H]1OC[C@H]2OC(=O)Nc1cccc2ccccc12. The first-order chi connectivity index (χ1) is 16.2. The van der Waals surface area contributed by atoms with Gasteiger partial charge < -0.3 is 24.3 Å². The Labute approximate surface area is 190 Å². The first-order valence-electron chi connectivity index (χ1n) is 10.8. The van der Waals surface area contributed by atoms with Crippen molar-refractivity contribution >= 4 is 28.5 Å². The lowest BCUT2D eigenvalue weighted by Crippen LogP contribution is -2.46. The van der Waals surface area contributed by atoms with Gasteiger partial charge in [0, 0.05) is 5.39 Å². The Morgan fingerprint density at radius 2 is 1.64 bits per heavy atom. The van der Waals surface area contributed by atoms with Crippen LogP contribution in [-0.2, 0) is 19.0 Å². The molecule has 2 aliphatic rings. The number of para-hydroxylation sites is 1. The van der Waals surface area contributed by atoms with E-state index in [0.29, 0.717) is 11.4 Å². The van der Waals surface area contributed by atoms with Gasteiger partial charge in [0.05, 0.1) is 24.9 Å². The van der Waals surface area contributed by atoms with Crippen LogP contribution in [0.5, 0.6) is 5.75 Å². The smallest absolute Gasteiger partial charge is 0.412 e. The van der Waals surface area contributed by atoms with Gasteiger partial charge in [-0.25, -0.2) is 4.79 Å². The molecule has 0 aliphatic carbocycles. The van der Waals surface area contributed by atoms with E-state index in [1.54, 1.807) is 12.1 Å². The summed E-state index contributed by atoms with van der Waals surface area (Å²) < 4.78 is 22.7. The monoisotopic (exact) mass is 448 g/mol. The molecule has 2 amide bonds. The molecular formula is C25H24N2O6. The molecule has 8 nitrogen and oxygen atoms in total. The predicted octanol–water partition coefficient (Wildman–Crippen LogP) is 3.12. The second-order valence-corrected chi connectivity index (χ2v) is 7.97. The van der Waals surface area contributed by atoms with Crippen molar-refractivity contribution in [2.24, 2.45) is 0 Å². The summed E-state index contributed by atoms with van der Waals surface area (Å²) in [5.41, 5.74) is 0.671. The van der Waals surface area contributed by atoms with Crippen LogP contribution in [0.15, 0.2) is 72.8 Å². The fourth-order valence-electron chi connectivity index (χ4n) is 4.21. The zero-order chi connectivity index (χ0) is 22.6. The first kappa shape index (κ1) is 21.2. The van der Waals surface area contributed by atoms with Crippen molar-refractivity contribution in [1.29, 1.82) is 0 Å². The Morgan fingerprint density at radius 1 is 0.879 bits per heavy atom. The lowest BCUT2D eigenvalue weighted by Gasteiger charge is -2.18. The Morgan fingerprint density at radius 3 is 2.52 bits per heavy atom. The van der Waals surface area contributed by atoms with Crippen LogP contribution in [0.3, 0.4) is 0 Å². The molecule has 0 spiro atoms. The highest BCUT2D eigenvalue weighted by Crippen LogP contribution is 2.30. The summed E-state index contributed by atoms with van der Waals surface area (Å²) in [5, 5.41) is 7.64. The third-order valence-corrected chi connectivity index (χ3v) is 5.75. The molecule has 4 atom stereocenters. The summed E-state index contributed by atoms with van der Waals surface area (Å²) in [6.07, 6.45) is -1.97. The number of ether oxygens (including phenoxy) is 4. The van der Waals surface area contributed by atoms with Gasteiger partial charge in [0.25, 0.3) is 5.91 Å². The van der Waals surface area contributed by atoms with Crippen molar-refractivity contribution in [2.45, 2.75) is 24.4 Å². The van der Waals surface area contributed by atoms with Crippen molar-refractivity contribution in [1.82, 2.24) is 5.32 Å². The molecule has 0 unspecified atom stereocenters. The minimum absolute atomic E-state index is 0.106. The number of nitrogens with one attached hydrogen (secondary N) is 2. The van der Waals surface area contributed by atoms with Crippen LogP contribution < -0.4 is 15.4 Å². The van der Waals surface area contributed by atoms with Gasteiger partial charge >= 0.3 is 6.09 Å². The lowest BCUT2D eigenvalue weighted by molar-refractivity contribution is -0.124. The highest BCUT2D eigenvalue weighted by atomic mass is 16.6. The molecule has 2 heterocycles. The van der Waals surface area contributed by atoms with Gasteiger partial charge in [-0.2, -0.15) is 0 Å². The normalized spacial score (nSPS) is 23.6. The number of rotatable bonds is 6. The molecule has 2 fully saturated rings. The number of hydrogen-bond donors (Lipinski definition) is 2. The van der Waals surface area contributed by atoms with E-state index in [1.807, 2.05) is 60.7 Å². The zero-order valence-corrected chi connectivity index (χ0v) is 17.8. The standard InChI is InChI=1S/C25H24N2O6/c28-22(15-30-17-9-2-1-3-10-17)26-20-13-31-24-21(14-32-23(20)24)33-25(29)27-19-12-6-8-16-7-4-5-11-18(16)19/h1-12,20-21,23-24H,13-15H2,(H,26,28)(H,27,29)/t20-,21+,23+,24+/m0/s1. The van der Waals surface area contributed by atoms with Gasteiger partial charge in [-0.3, -0.25) is 10.1 Å². The van der Waals surface area contributed by atoms with Crippen LogP contribution in [0.4, 0.5) is 10.5 Å². The fourth-order valence-corrected chi connectivity index (χ4v) is 4.21. The van der Waals surface area contributed by atoms with Gasteiger partial charge in [-0.05, 0) is 23.6 Å². The van der Waals surface area contributed by atoms with Crippen molar-refractivity contribution in [3.63, 3.8) is 0 Å². The Hall–Kier alpha value is -3.62. The summed E-state index contributed by atoms with van der Waals surface area (Å²) in [6, 6.07) is 22.2. The molecule has 2 saturated heterocycles. The molecule has 2 N–H and O–H groups in total. The molecular weight excluding hydrogens is 424 g/mol. The quantitative estimate of drug-likeness (QED) is 0.602. The molecule has 2 aliphatic heterocycles. The van der Waals surface area contributed by atoms with E-state index < -0.39 is 18.3 Å². The number of benzene rings is 3. The summed E-state index contributed by atoms with van der Waals surface area (Å²) in [7, 11) is 0. The highest BCUT2D eigenvalue weighted by Gasteiger charge is 2.50. The maximum Gasteiger partial charge on any atom is 0.412 e. The number of carbonyl (C=O) groups is 2. The topological polar surface area (TPSA) is 95.1 Å². The second kappa shape index (κ2) is 9.48. The van der Waals surface area contributed by atoms with Gasteiger partial charge in [0.15, 0.2) is 12.7 Å². The van der Waals surface area contributed by atoms with Crippen LogP contribution in [0.1, 0.15) is 0 Å². The lowest BCUT2D eigenvalue weighted by atomic mass is 10.1. The van der Waals surface area contributed by atoms with Crippen molar-refractivity contribution in [2.75, 3.05) is 25.1 Å². The number of fused-ring (bicyclic) bond motifs is 2. The third-order valence-electron chi connectivity index (χ3n) is 5.75. The minimum atomic E-state index is -0.576. The molecule has 33 heavy (non-hydrogen) atoms. The van der Waals surface area contributed by atoms with Crippen molar-refractivity contribution in [3.8, 4) is 5.75 Å². The summed E-state index contributed by atoms with van der Waals surface area (Å²) >= 11 is 0. The molecule has 8 heteroatoms. The van der Waals surface area contributed by atoms with Gasteiger partial charge in [0.1, 0.15) is 18.0 Å². The maximum absolute atomic E-state index is 12.5. The molecule has 0 aromatic heterocycles. The molecule has 0 bridgehead atoms. The van der Waals surface area contributed by atoms with Gasteiger partial charge in [-0.15, -0.1) is 0 Å². The first-order valence-corrected chi connectivity index (χ1v) is 10.8. The molecule has 170 valence electrons. The van der Waals surface area contributed by atoms with Crippen LogP contribution in [0.2, 0.25) is 0 Å². The molecule has 3 aromatic carbocycles. The minimum Gasteiger partial charge on any atom is -0.484 e. The van der Waals surface area contributed by atoms with Gasteiger partial charge in [0.2, 0.25) is 0 Å². The van der Waals surface area contributed by atoms with E-state index in [9.17, 15) is 9.59 Å². The fraction of sp³-hybridized carbons (Fsp3) is 0.280. The Balaban J connectivity index is 1.13. The van der Waals surface area contributed by atoms with Crippen LogP contribution in [0, 0.1) is 0 Å². The average Bonchev–Trinajstić information content (AvgIpc) is 3.42. The zero-order valence-electron chi connectivity index (χ0n) is 17.8. The number of amides is 2. The van der Waals surface area contributed by atoms with E-state index in [2.05, 4.69) is 10.6 Å². The third kappa shape index (κ3) is 4.76. The van der Waals surface area contributed by atoms with Gasteiger partial charge in [-0.1, -0.05) is 54.6 Å². The van der Waals surface area contributed by atoms with Crippen LogP contribution in [0.25, 0.3) is 10.8 Å².